The molecular weight excluding hydrogens is 445 g/mol. The Morgan fingerprint density at radius 2 is 1.74 bits per heavy atom. The van der Waals surface area contributed by atoms with Crippen LogP contribution in [-0.2, 0) is 6.54 Å². The number of hydrogen-bond acceptors (Lipinski definition) is 7. The monoisotopic (exact) mass is 468 g/mol. The normalized spacial score (nSPS) is 15.6. The van der Waals surface area contributed by atoms with Gasteiger partial charge < -0.3 is 25.2 Å². The molecule has 0 atom stereocenters. The van der Waals surface area contributed by atoms with Gasteiger partial charge in [-0.25, -0.2) is 23.1 Å². The van der Waals surface area contributed by atoms with E-state index >= 15 is 0 Å². The highest BCUT2D eigenvalue weighted by Crippen LogP contribution is 2.37. The lowest BCUT2D eigenvalue weighted by Gasteiger charge is -2.37. The molecule has 2 aromatic heterocycles. The van der Waals surface area contributed by atoms with Gasteiger partial charge in [0.25, 0.3) is 0 Å². The SMILES string of the molecule is COc1nccc2c1C(N1CCNCC1)=CN(c1ccnc(Nc3cc(F)c(F)cc3F)c1)C2. The number of nitrogens with zero attached hydrogens (tertiary/aromatic N) is 4. The molecule has 0 unspecified atom stereocenters. The van der Waals surface area contributed by atoms with Crippen molar-refractivity contribution in [3.8, 4) is 5.88 Å². The molecule has 34 heavy (non-hydrogen) atoms. The van der Waals surface area contributed by atoms with Gasteiger partial charge in [0, 0.05) is 75.2 Å². The summed E-state index contributed by atoms with van der Waals surface area (Å²) in [6.07, 6.45) is 5.35. The topological polar surface area (TPSA) is 65.5 Å². The van der Waals surface area contributed by atoms with E-state index < -0.39 is 17.5 Å². The predicted molar refractivity (Wildman–Crippen MR) is 123 cm³/mol. The second-order valence-corrected chi connectivity index (χ2v) is 8.00. The maximum Gasteiger partial charge on any atom is 0.222 e. The largest absolute Gasteiger partial charge is 0.480 e. The molecule has 1 saturated heterocycles. The van der Waals surface area contributed by atoms with E-state index in [0.717, 1.165) is 54.8 Å². The maximum absolute atomic E-state index is 14.1. The quantitative estimate of drug-likeness (QED) is 0.551. The van der Waals surface area contributed by atoms with E-state index in [4.69, 9.17) is 4.74 Å². The Balaban J connectivity index is 1.50. The van der Waals surface area contributed by atoms with Crippen LogP contribution in [0.2, 0.25) is 0 Å². The van der Waals surface area contributed by atoms with Gasteiger partial charge in [-0.2, -0.15) is 0 Å². The van der Waals surface area contributed by atoms with E-state index in [1.165, 1.54) is 0 Å². The molecule has 2 aliphatic rings. The van der Waals surface area contributed by atoms with E-state index in [9.17, 15) is 13.2 Å². The number of fused-ring (bicyclic) bond motifs is 1. The van der Waals surface area contributed by atoms with Crippen molar-refractivity contribution in [3.05, 3.63) is 77.5 Å². The molecule has 0 aliphatic carbocycles. The zero-order valence-corrected chi connectivity index (χ0v) is 18.5. The number of aromatic nitrogens is 2. The third-order valence-corrected chi connectivity index (χ3v) is 5.88. The minimum Gasteiger partial charge on any atom is -0.480 e. The van der Waals surface area contributed by atoms with Gasteiger partial charge in [0.05, 0.1) is 24.1 Å². The summed E-state index contributed by atoms with van der Waals surface area (Å²) in [4.78, 5) is 13.0. The number of halogens is 3. The molecule has 2 aliphatic heterocycles. The lowest BCUT2D eigenvalue weighted by atomic mass is 10.0. The van der Waals surface area contributed by atoms with Crippen molar-refractivity contribution in [2.24, 2.45) is 0 Å². The van der Waals surface area contributed by atoms with Gasteiger partial charge in [-0.05, 0) is 17.7 Å². The fraction of sp³-hybridized carbons (Fsp3) is 0.250. The Hall–Kier alpha value is -3.79. The summed E-state index contributed by atoms with van der Waals surface area (Å²) in [5.41, 5.74) is 3.64. The lowest BCUT2D eigenvalue weighted by Crippen LogP contribution is -2.43. The van der Waals surface area contributed by atoms with E-state index in [1.807, 2.05) is 12.1 Å². The van der Waals surface area contributed by atoms with Crippen molar-refractivity contribution in [3.63, 3.8) is 0 Å². The Bertz CT molecular complexity index is 1250. The zero-order chi connectivity index (χ0) is 23.7. The molecule has 0 amide bonds. The molecule has 176 valence electrons. The molecule has 0 spiro atoms. The molecule has 0 saturated carbocycles. The number of piperazine rings is 1. The second-order valence-electron chi connectivity index (χ2n) is 8.00. The minimum atomic E-state index is -1.24. The molecule has 1 fully saturated rings. The van der Waals surface area contributed by atoms with Crippen LogP contribution in [0.25, 0.3) is 5.70 Å². The van der Waals surface area contributed by atoms with Crippen LogP contribution >= 0.6 is 0 Å². The van der Waals surface area contributed by atoms with Crippen LogP contribution in [0.3, 0.4) is 0 Å². The molecule has 7 nitrogen and oxygen atoms in total. The lowest BCUT2D eigenvalue weighted by molar-refractivity contribution is 0.335. The van der Waals surface area contributed by atoms with Crippen LogP contribution < -0.4 is 20.3 Å². The number of nitrogens with one attached hydrogen (secondary N) is 2. The number of benzene rings is 1. The second kappa shape index (κ2) is 9.22. The fourth-order valence-electron chi connectivity index (χ4n) is 4.22. The molecule has 0 bridgehead atoms. The zero-order valence-electron chi connectivity index (χ0n) is 18.5. The summed E-state index contributed by atoms with van der Waals surface area (Å²) in [5.74, 6) is -2.41. The van der Waals surface area contributed by atoms with Crippen LogP contribution in [0.5, 0.6) is 5.88 Å². The highest BCUT2D eigenvalue weighted by Gasteiger charge is 2.27. The summed E-state index contributed by atoms with van der Waals surface area (Å²) < 4.78 is 46.6. The van der Waals surface area contributed by atoms with Crippen molar-refractivity contribution >= 4 is 22.9 Å². The van der Waals surface area contributed by atoms with E-state index in [1.54, 1.807) is 25.6 Å². The van der Waals surface area contributed by atoms with Crippen LogP contribution in [0, 0.1) is 17.5 Å². The van der Waals surface area contributed by atoms with Crippen LogP contribution in [0.4, 0.5) is 30.4 Å². The molecule has 3 aromatic rings. The molecule has 1 aromatic carbocycles. The number of pyridine rings is 2. The molecular formula is C24H23F3N6O. The van der Waals surface area contributed by atoms with Crippen molar-refractivity contribution < 1.29 is 17.9 Å². The van der Waals surface area contributed by atoms with E-state index in [-0.39, 0.29) is 5.69 Å². The van der Waals surface area contributed by atoms with Gasteiger partial charge in [-0.15, -0.1) is 0 Å². The van der Waals surface area contributed by atoms with Crippen molar-refractivity contribution in [1.82, 2.24) is 20.2 Å². The van der Waals surface area contributed by atoms with Gasteiger partial charge >= 0.3 is 0 Å². The van der Waals surface area contributed by atoms with Crippen LogP contribution in [-0.4, -0.2) is 48.2 Å². The summed E-state index contributed by atoms with van der Waals surface area (Å²) in [6.45, 7) is 4.00. The van der Waals surface area contributed by atoms with Crippen molar-refractivity contribution in [2.45, 2.75) is 6.54 Å². The average Bonchev–Trinajstić information content (AvgIpc) is 2.87. The molecule has 4 heterocycles. The Morgan fingerprint density at radius 3 is 2.53 bits per heavy atom. The Labute approximate surface area is 194 Å². The highest BCUT2D eigenvalue weighted by atomic mass is 19.2. The summed E-state index contributed by atoms with van der Waals surface area (Å²) >= 11 is 0. The first-order valence-corrected chi connectivity index (χ1v) is 10.9. The van der Waals surface area contributed by atoms with Crippen molar-refractivity contribution in [2.75, 3.05) is 43.5 Å². The van der Waals surface area contributed by atoms with Crippen LogP contribution in [0.1, 0.15) is 11.1 Å². The number of rotatable bonds is 5. The summed E-state index contributed by atoms with van der Waals surface area (Å²) in [5, 5.41) is 6.11. The third-order valence-electron chi connectivity index (χ3n) is 5.88. The standard InChI is InChI=1S/C24H23F3N6O/c1-34-24-23-15(2-4-30-24)13-33(14-21(23)32-8-6-28-7-9-32)16-3-5-29-22(10-16)31-20-12-18(26)17(25)11-19(20)27/h2-5,10-12,14,28H,6-9,13H2,1H3,(H,29,31). The maximum atomic E-state index is 14.1. The van der Waals surface area contributed by atoms with Gasteiger partial charge in [-0.3, -0.25) is 0 Å². The fourth-order valence-corrected chi connectivity index (χ4v) is 4.22. The van der Waals surface area contributed by atoms with Gasteiger partial charge in [0.2, 0.25) is 5.88 Å². The van der Waals surface area contributed by atoms with E-state index in [2.05, 4.69) is 36.6 Å². The average molecular weight is 468 g/mol. The summed E-state index contributed by atoms with van der Waals surface area (Å²) in [6, 6.07) is 6.82. The van der Waals surface area contributed by atoms with Crippen LogP contribution in [0.15, 0.2) is 48.9 Å². The highest BCUT2D eigenvalue weighted by molar-refractivity contribution is 5.77. The predicted octanol–water partition coefficient (Wildman–Crippen LogP) is 3.87. The number of anilines is 3. The van der Waals surface area contributed by atoms with E-state index in [0.29, 0.717) is 24.3 Å². The van der Waals surface area contributed by atoms with Crippen molar-refractivity contribution in [1.29, 1.82) is 0 Å². The van der Waals surface area contributed by atoms with Gasteiger partial charge in [0.15, 0.2) is 11.6 Å². The number of hydrogen-bond donors (Lipinski definition) is 2. The first-order valence-electron chi connectivity index (χ1n) is 10.9. The Kier molecular flexibility index (Phi) is 5.97. The number of ether oxygens (including phenoxy) is 1. The molecule has 10 heteroatoms. The smallest absolute Gasteiger partial charge is 0.222 e. The minimum absolute atomic E-state index is 0.194. The first-order chi connectivity index (χ1) is 16.5. The summed E-state index contributed by atoms with van der Waals surface area (Å²) in [7, 11) is 1.61. The van der Waals surface area contributed by atoms with Gasteiger partial charge in [-0.1, -0.05) is 0 Å². The first kappa shape index (κ1) is 22.0. The number of methoxy groups -OCH3 is 1. The van der Waals surface area contributed by atoms with Gasteiger partial charge in [0.1, 0.15) is 11.6 Å². The molecule has 0 radical (unpaired) electrons. The molecule has 5 rings (SSSR count). The molecule has 2 N–H and O–H groups in total. The third kappa shape index (κ3) is 4.24. The Morgan fingerprint density at radius 1 is 0.971 bits per heavy atom.